The molecule has 218 valence electrons. The SMILES string of the molecule is COC(=O)C(OS(=O)(=O)c1ccc(C)cc1)C(C)(C)C.Cc1ccc(S(=O)(=O)OC(C(=O)O)C(C)(C)C)cc1. The molecule has 0 saturated carbocycles. The molecule has 2 aromatic carbocycles. The summed E-state index contributed by atoms with van der Waals surface area (Å²) in [7, 11) is -6.90. The number of carboxylic acid groups (broad SMARTS) is 1. The van der Waals surface area contributed by atoms with Crippen molar-refractivity contribution < 1.29 is 44.6 Å². The van der Waals surface area contributed by atoms with Crippen LogP contribution in [0.15, 0.2) is 58.3 Å². The first-order chi connectivity index (χ1) is 17.6. The quantitative estimate of drug-likeness (QED) is 0.346. The Hall–Kier alpha value is -2.80. The lowest BCUT2D eigenvalue weighted by molar-refractivity contribution is -0.153. The van der Waals surface area contributed by atoms with Crippen molar-refractivity contribution in [2.45, 2.75) is 77.4 Å². The molecule has 12 heteroatoms. The van der Waals surface area contributed by atoms with Crippen LogP contribution in [-0.2, 0) is 42.9 Å². The maximum Gasteiger partial charge on any atom is 0.337 e. The molecule has 0 aliphatic carbocycles. The predicted octanol–water partition coefficient (Wildman–Crippen LogP) is 4.49. The number of carbonyl (C=O) groups is 2. The number of methoxy groups -OCH3 is 1. The van der Waals surface area contributed by atoms with Crippen molar-refractivity contribution >= 4 is 32.2 Å². The van der Waals surface area contributed by atoms with Crippen LogP contribution in [0.3, 0.4) is 0 Å². The number of hydrogen-bond acceptors (Lipinski definition) is 9. The van der Waals surface area contributed by atoms with E-state index in [1.54, 1.807) is 65.8 Å². The van der Waals surface area contributed by atoms with Crippen molar-refractivity contribution in [3.8, 4) is 0 Å². The molecule has 0 radical (unpaired) electrons. The van der Waals surface area contributed by atoms with Gasteiger partial charge in [-0.3, -0.25) is 8.37 Å². The molecule has 2 unspecified atom stereocenters. The summed E-state index contributed by atoms with van der Waals surface area (Å²) in [6.07, 6.45) is -2.63. The highest BCUT2D eigenvalue weighted by molar-refractivity contribution is 7.87. The summed E-state index contributed by atoms with van der Waals surface area (Å²) in [5.41, 5.74) is 0.308. The largest absolute Gasteiger partial charge is 0.479 e. The van der Waals surface area contributed by atoms with Crippen LogP contribution in [0.5, 0.6) is 0 Å². The molecular formula is C27H38O10S2. The van der Waals surface area contributed by atoms with Crippen molar-refractivity contribution in [2.75, 3.05) is 7.11 Å². The van der Waals surface area contributed by atoms with Gasteiger partial charge < -0.3 is 9.84 Å². The van der Waals surface area contributed by atoms with E-state index in [0.717, 1.165) is 11.1 Å². The Bertz CT molecular complexity index is 1330. The number of hydrogen-bond donors (Lipinski definition) is 1. The van der Waals surface area contributed by atoms with Gasteiger partial charge in [-0.05, 0) is 38.1 Å². The zero-order chi connectivity index (χ0) is 30.4. The van der Waals surface area contributed by atoms with Crippen molar-refractivity contribution in [3.05, 3.63) is 59.7 Å². The van der Waals surface area contributed by atoms with Crippen molar-refractivity contribution in [2.24, 2.45) is 10.8 Å². The Morgan fingerprint density at radius 3 is 1.23 bits per heavy atom. The first kappa shape index (κ1) is 34.2. The number of rotatable bonds is 8. The maximum absolute atomic E-state index is 12.2. The second-order valence-corrected chi connectivity index (χ2v) is 14.2. The van der Waals surface area contributed by atoms with Crippen molar-refractivity contribution in [3.63, 3.8) is 0 Å². The molecule has 0 aromatic heterocycles. The van der Waals surface area contributed by atoms with Crippen LogP contribution < -0.4 is 0 Å². The summed E-state index contributed by atoms with van der Waals surface area (Å²) in [5, 5.41) is 9.07. The molecule has 0 aliphatic rings. The standard InChI is InChI=1S/C14H20O5S.C13H18O5S/c1-10-6-8-11(9-7-10)20(16,17)19-12(13(15)18-5)14(2,3)4;1-9-5-7-10(8-6-9)19(16,17)18-11(12(14)15)13(2,3)4/h6-9,12H,1-5H3;5-8,11H,1-4H3,(H,14,15). The zero-order valence-corrected chi connectivity index (χ0v) is 25.3. The number of carbonyl (C=O) groups excluding carboxylic acids is 1. The van der Waals surface area contributed by atoms with Gasteiger partial charge in [-0.1, -0.05) is 76.9 Å². The highest BCUT2D eigenvalue weighted by atomic mass is 32.2. The van der Waals surface area contributed by atoms with Crippen molar-refractivity contribution in [1.82, 2.24) is 0 Å². The lowest BCUT2D eigenvalue weighted by Crippen LogP contribution is -2.39. The molecule has 0 bridgehead atoms. The van der Waals surface area contributed by atoms with Gasteiger partial charge in [0.2, 0.25) is 0 Å². The highest BCUT2D eigenvalue weighted by Gasteiger charge is 2.38. The van der Waals surface area contributed by atoms with E-state index in [1.807, 2.05) is 13.8 Å². The van der Waals surface area contributed by atoms with Gasteiger partial charge in [0.25, 0.3) is 20.2 Å². The molecule has 2 rings (SSSR count). The Kier molecular flexibility index (Phi) is 11.4. The molecule has 0 fully saturated rings. The molecule has 0 heterocycles. The van der Waals surface area contributed by atoms with E-state index < -0.39 is 55.2 Å². The molecular weight excluding hydrogens is 548 g/mol. The van der Waals surface area contributed by atoms with E-state index in [0.29, 0.717) is 0 Å². The minimum atomic E-state index is -4.09. The number of carboxylic acids is 1. The molecule has 0 aliphatic heterocycles. The van der Waals surface area contributed by atoms with Gasteiger partial charge in [0.1, 0.15) is 0 Å². The summed E-state index contributed by atoms with van der Waals surface area (Å²) < 4.78 is 63.0. The average molecular weight is 587 g/mol. The Labute approximate surface area is 231 Å². The van der Waals surface area contributed by atoms with E-state index in [2.05, 4.69) is 4.74 Å². The lowest BCUT2D eigenvalue weighted by Gasteiger charge is -2.27. The molecule has 0 spiro atoms. The fourth-order valence-electron chi connectivity index (χ4n) is 2.97. The lowest BCUT2D eigenvalue weighted by atomic mass is 9.89. The molecule has 0 saturated heterocycles. The molecule has 2 aromatic rings. The number of esters is 1. The van der Waals surface area contributed by atoms with Crippen LogP contribution in [0.4, 0.5) is 0 Å². The minimum absolute atomic E-state index is 0.0150. The number of aryl methyl sites for hydroxylation is 2. The maximum atomic E-state index is 12.2. The Morgan fingerprint density at radius 1 is 0.667 bits per heavy atom. The summed E-state index contributed by atoms with van der Waals surface area (Å²) in [6, 6.07) is 12.3. The first-order valence-corrected chi connectivity index (χ1v) is 14.7. The minimum Gasteiger partial charge on any atom is -0.479 e. The molecule has 1 N–H and O–H groups in total. The second kappa shape index (κ2) is 13.0. The number of aliphatic carboxylic acids is 1. The van der Waals surface area contributed by atoms with E-state index in [9.17, 15) is 26.4 Å². The van der Waals surface area contributed by atoms with E-state index in [1.165, 1.54) is 31.4 Å². The Morgan fingerprint density at radius 2 is 0.974 bits per heavy atom. The normalized spacial score (nSPS) is 14.0. The van der Waals surface area contributed by atoms with Gasteiger partial charge in [0.15, 0.2) is 12.2 Å². The van der Waals surface area contributed by atoms with Gasteiger partial charge >= 0.3 is 11.9 Å². The number of ether oxygens (including phenoxy) is 1. The molecule has 10 nitrogen and oxygen atoms in total. The summed E-state index contributed by atoms with van der Waals surface area (Å²) in [4.78, 5) is 22.8. The van der Waals surface area contributed by atoms with E-state index in [4.69, 9.17) is 13.5 Å². The fourth-order valence-corrected chi connectivity index (χ4v) is 5.38. The van der Waals surface area contributed by atoms with Crippen LogP contribution in [0.1, 0.15) is 52.7 Å². The van der Waals surface area contributed by atoms with Crippen LogP contribution >= 0.6 is 0 Å². The van der Waals surface area contributed by atoms with Gasteiger partial charge in [-0.2, -0.15) is 16.8 Å². The van der Waals surface area contributed by atoms with Gasteiger partial charge in [-0.15, -0.1) is 0 Å². The van der Waals surface area contributed by atoms with Gasteiger partial charge in [0, 0.05) is 10.8 Å². The Balaban J connectivity index is 0.000000391. The van der Waals surface area contributed by atoms with Gasteiger partial charge in [-0.25, -0.2) is 9.59 Å². The third kappa shape index (κ3) is 10.4. The molecule has 39 heavy (non-hydrogen) atoms. The zero-order valence-electron chi connectivity index (χ0n) is 23.7. The van der Waals surface area contributed by atoms with Crippen LogP contribution in [0.2, 0.25) is 0 Å². The summed E-state index contributed by atoms with van der Waals surface area (Å²) in [5.74, 6) is -2.02. The predicted molar refractivity (Wildman–Crippen MR) is 145 cm³/mol. The third-order valence-electron chi connectivity index (χ3n) is 5.28. The van der Waals surface area contributed by atoms with Crippen LogP contribution in [0, 0.1) is 24.7 Å². The fraction of sp³-hybridized carbons (Fsp3) is 0.481. The summed E-state index contributed by atoms with van der Waals surface area (Å²) in [6.45, 7) is 13.6. The summed E-state index contributed by atoms with van der Waals surface area (Å²) >= 11 is 0. The smallest absolute Gasteiger partial charge is 0.337 e. The van der Waals surface area contributed by atoms with E-state index in [-0.39, 0.29) is 9.79 Å². The number of benzene rings is 2. The molecule has 0 amide bonds. The van der Waals surface area contributed by atoms with Crippen LogP contribution in [-0.4, -0.2) is 53.2 Å². The average Bonchev–Trinajstić information content (AvgIpc) is 2.80. The first-order valence-electron chi connectivity index (χ1n) is 11.9. The second-order valence-electron chi connectivity index (χ2n) is 11.1. The monoisotopic (exact) mass is 586 g/mol. The van der Waals surface area contributed by atoms with E-state index >= 15 is 0 Å². The van der Waals surface area contributed by atoms with Crippen molar-refractivity contribution in [1.29, 1.82) is 0 Å². The molecule has 2 atom stereocenters. The highest BCUT2D eigenvalue weighted by Crippen LogP contribution is 2.28. The topological polar surface area (TPSA) is 150 Å². The van der Waals surface area contributed by atoms with Crippen LogP contribution in [0.25, 0.3) is 0 Å². The van der Waals surface area contributed by atoms with Gasteiger partial charge in [0.05, 0.1) is 16.9 Å². The third-order valence-corrected chi connectivity index (χ3v) is 7.87.